The first-order valence-corrected chi connectivity index (χ1v) is 9.70. The highest BCUT2D eigenvalue weighted by Crippen LogP contribution is 2.26. The number of fused-ring (bicyclic) bond motifs is 1. The number of terminal acetylenes is 1. The van der Waals surface area contributed by atoms with Crippen molar-refractivity contribution in [1.82, 2.24) is 20.9 Å². The van der Waals surface area contributed by atoms with Crippen LogP contribution in [0.25, 0.3) is 0 Å². The third-order valence-electron chi connectivity index (χ3n) is 5.47. The Morgan fingerprint density at radius 2 is 2.18 bits per heavy atom. The van der Waals surface area contributed by atoms with Gasteiger partial charge in [0.1, 0.15) is 5.75 Å². The van der Waals surface area contributed by atoms with E-state index < -0.39 is 0 Å². The minimum absolute atomic E-state index is 0.0419. The number of hydrogen-bond donors (Lipinski definition) is 3. The van der Waals surface area contributed by atoms with Gasteiger partial charge in [0.15, 0.2) is 0 Å². The molecule has 3 atom stereocenters. The van der Waals surface area contributed by atoms with Gasteiger partial charge in [-0.2, -0.15) is 0 Å². The largest absolute Gasteiger partial charge is 0.497 e. The number of benzene rings is 1. The number of carbonyl (C=O) groups excluding carboxylic acids is 2. The van der Waals surface area contributed by atoms with Crippen molar-refractivity contribution in [3.8, 4) is 18.1 Å². The van der Waals surface area contributed by atoms with Gasteiger partial charge in [-0.05, 0) is 30.5 Å². The molecule has 2 aliphatic rings. The average molecular weight is 384 g/mol. The van der Waals surface area contributed by atoms with Crippen LogP contribution < -0.4 is 20.7 Å². The zero-order valence-electron chi connectivity index (χ0n) is 16.2. The van der Waals surface area contributed by atoms with Crippen LogP contribution in [-0.4, -0.2) is 61.6 Å². The summed E-state index contributed by atoms with van der Waals surface area (Å²) in [6.07, 6.45) is 7.07. The number of nitrogens with zero attached hydrogens (tertiary/aromatic N) is 1. The van der Waals surface area contributed by atoms with Crippen LogP contribution in [0.3, 0.4) is 0 Å². The Bertz CT molecular complexity index is 728. The van der Waals surface area contributed by atoms with E-state index in [0.29, 0.717) is 19.4 Å². The summed E-state index contributed by atoms with van der Waals surface area (Å²) < 4.78 is 5.19. The summed E-state index contributed by atoms with van der Waals surface area (Å²) in [5, 5.41) is 9.25. The molecule has 2 fully saturated rings. The molecule has 2 aliphatic heterocycles. The van der Waals surface area contributed by atoms with Crippen LogP contribution in [-0.2, 0) is 16.1 Å². The summed E-state index contributed by atoms with van der Waals surface area (Å²) in [6.45, 7) is 2.40. The highest BCUT2D eigenvalue weighted by Gasteiger charge is 2.43. The van der Waals surface area contributed by atoms with Crippen molar-refractivity contribution in [2.45, 2.75) is 43.9 Å². The van der Waals surface area contributed by atoms with Gasteiger partial charge in [-0.3, -0.25) is 14.5 Å². The maximum atomic E-state index is 12.3. The average Bonchev–Trinajstić information content (AvgIpc) is 3.16. The first-order valence-electron chi connectivity index (χ1n) is 9.70. The number of carbonyl (C=O) groups is 2. The van der Waals surface area contributed by atoms with Crippen molar-refractivity contribution in [2.75, 3.05) is 26.7 Å². The quantitative estimate of drug-likeness (QED) is 0.560. The molecule has 2 saturated heterocycles. The van der Waals surface area contributed by atoms with Crippen LogP contribution in [0.4, 0.5) is 0 Å². The Hall–Kier alpha value is -2.56. The lowest BCUT2D eigenvalue weighted by molar-refractivity contribution is -0.129. The van der Waals surface area contributed by atoms with Crippen molar-refractivity contribution in [2.24, 2.45) is 0 Å². The monoisotopic (exact) mass is 384 g/mol. The second-order valence-corrected chi connectivity index (χ2v) is 7.29. The van der Waals surface area contributed by atoms with Crippen molar-refractivity contribution in [1.29, 1.82) is 0 Å². The highest BCUT2D eigenvalue weighted by atomic mass is 16.5. The number of rotatable bonds is 8. The molecular formula is C21H28N4O3. The summed E-state index contributed by atoms with van der Waals surface area (Å²) in [5.74, 6) is 3.29. The fourth-order valence-corrected chi connectivity index (χ4v) is 3.93. The molecule has 150 valence electrons. The number of hydrogen-bond acceptors (Lipinski definition) is 5. The summed E-state index contributed by atoms with van der Waals surface area (Å²) >= 11 is 0. The van der Waals surface area contributed by atoms with Gasteiger partial charge in [-0.25, -0.2) is 0 Å². The molecule has 0 radical (unpaired) electrons. The summed E-state index contributed by atoms with van der Waals surface area (Å²) in [5.41, 5.74) is 1.18. The Labute approximate surface area is 166 Å². The Balaban J connectivity index is 1.51. The Morgan fingerprint density at radius 1 is 1.39 bits per heavy atom. The smallest absolute Gasteiger partial charge is 0.237 e. The predicted octanol–water partition coefficient (Wildman–Crippen LogP) is 0.256. The molecule has 0 aromatic heterocycles. The minimum Gasteiger partial charge on any atom is -0.497 e. The van der Waals surface area contributed by atoms with Gasteiger partial charge in [0, 0.05) is 38.1 Å². The topological polar surface area (TPSA) is 82.7 Å². The predicted molar refractivity (Wildman–Crippen MR) is 107 cm³/mol. The Kier molecular flexibility index (Phi) is 6.90. The lowest BCUT2D eigenvalue weighted by atomic mass is 10.0. The molecule has 0 spiro atoms. The van der Waals surface area contributed by atoms with Gasteiger partial charge >= 0.3 is 0 Å². The maximum absolute atomic E-state index is 12.3. The van der Waals surface area contributed by atoms with E-state index in [4.69, 9.17) is 11.2 Å². The van der Waals surface area contributed by atoms with Crippen molar-refractivity contribution >= 4 is 11.8 Å². The Morgan fingerprint density at radius 3 is 2.89 bits per heavy atom. The van der Waals surface area contributed by atoms with Gasteiger partial charge in [0.2, 0.25) is 11.8 Å². The third-order valence-corrected chi connectivity index (χ3v) is 5.47. The normalized spacial score (nSPS) is 24.1. The van der Waals surface area contributed by atoms with Crippen LogP contribution in [0.1, 0.15) is 24.8 Å². The molecule has 3 rings (SSSR count). The molecule has 7 heteroatoms. The van der Waals surface area contributed by atoms with Crippen LogP contribution >= 0.6 is 0 Å². The van der Waals surface area contributed by atoms with Crippen LogP contribution in [0.15, 0.2) is 24.3 Å². The van der Waals surface area contributed by atoms with E-state index in [2.05, 4.69) is 26.8 Å². The lowest BCUT2D eigenvalue weighted by Gasteiger charge is -2.37. The zero-order chi connectivity index (χ0) is 19.9. The first-order chi connectivity index (χ1) is 13.6. The molecule has 28 heavy (non-hydrogen) atoms. The maximum Gasteiger partial charge on any atom is 0.237 e. The molecule has 0 aliphatic carbocycles. The third kappa shape index (κ3) is 5.03. The molecule has 2 heterocycles. The van der Waals surface area contributed by atoms with Gasteiger partial charge < -0.3 is 20.7 Å². The van der Waals surface area contributed by atoms with Crippen LogP contribution in [0.5, 0.6) is 5.75 Å². The number of piperazine rings is 1. The molecule has 1 aromatic rings. The van der Waals surface area contributed by atoms with Crippen LogP contribution in [0.2, 0.25) is 0 Å². The van der Waals surface area contributed by atoms with Crippen molar-refractivity contribution in [3.05, 3.63) is 29.8 Å². The minimum atomic E-state index is -0.124. The zero-order valence-corrected chi connectivity index (χ0v) is 16.2. The van der Waals surface area contributed by atoms with Crippen molar-refractivity contribution in [3.63, 3.8) is 0 Å². The van der Waals surface area contributed by atoms with E-state index in [-0.39, 0.29) is 36.5 Å². The van der Waals surface area contributed by atoms with E-state index in [0.717, 1.165) is 25.3 Å². The fourth-order valence-electron chi connectivity index (χ4n) is 3.93. The van der Waals surface area contributed by atoms with E-state index in [9.17, 15) is 9.59 Å². The van der Waals surface area contributed by atoms with Crippen molar-refractivity contribution < 1.29 is 14.3 Å². The van der Waals surface area contributed by atoms with Gasteiger partial charge in [-0.15, -0.1) is 6.42 Å². The SMILES string of the molecule is C#CCNC(=O)CC[C@@H]1CNC(=O)[C@@H]2C[C@H](NCc3ccc(OC)cc3)CN12. The van der Waals surface area contributed by atoms with Gasteiger partial charge in [-0.1, -0.05) is 18.1 Å². The fraction of sp³-hybridized carbons (Fsp3) is 0.524. The highest BCUT2D eigenvalue weighted by molar-refractivity contribution is 5.83. The molecule has 3 N–H and O–H groups in total. The van der Waals surface area contributed by atoms with E-state index in [1.165, 1.54) is 5.56 Å². The molecule has 2 amide bonds. The molecular weight excluding hydrogens is 356 g/mol. The molecule has 1 aromatic carbocycles. The first kappa shape index (κ1) is 20.2. The number of amides is 2. The van der Waals surface area contributed by atoms with E-state index in [1.54, 1.807) is 7.11 Å². The number of nitrogens with one attached hydrogen (secondary N) is 3. The summed E-state index contributed by atoms with van der Waals surface area (Å²) in [6, 6.07) is 8.27. The summed E-state index contributed by atoms with van der Waals surface area (Å²) in [7, 11) is 1.65. The van der Waals surface area contributed by atoms with E-state index >= 15 is 0 Å². The van der Waals surface area contributed by atoms with E-state index in [1.807, 2.05) is 24.3 Å². The summed E-state index contributed by atoms with van der Waals surface area (Å²) in [4.78, 5) is 26.4. The molecule has 7 nitrogen and oxygen atoms in total. The van der Waals surface area contributed by atoms with Gasteiger partial charge in [0.05, 0.1) is 19.7 Å². The second kappa shape index (κ2) is 9.58. The molecule has 0 saturated carbocycles. The lowest BCUT2D eigenvalue weighted by Crippen LogP contribution is -2.58. The second-order valence-electron chi connectivity index (χ2n) is 7.29. The van der Waals surface area contributed by atoms with Gasteiger partial charge in [0.25, 0.3) is 0 Å². The molecule has 0 bridgehead atoms. The number of methoxy groups -OCH3 is 1. The molecule has 0 unspecified atom stereocenters. The standard InChI is InChI=1S/C21H28N4O3/c1-3-10-22-20(26)9-6-17-13-24-21(27)19-11-16(14-25(17)19)23-12-15-4-7-18(28-2)8-5-15/h1,4-5,7-8,16-17,19,23H,6,9-14H2,2H3,(H,22,26)(H,24,27)/t16-,17+,19-/m0/s1. The van der Waals surface area contributed by atoms with Crippen LogP contribution in [0, 0.1) is 12.3 Å². The number of ether oxygens (including phenoxy) is 1.